The first-order valence-electron chi connectivity index (χ1n) is 6.07. The van der Waals surface area contributed by atoms with E-state index >= 15 is 0 Å². The molecule has 16 heavy (non-hydrogen) atoms. The van der Waals surface area contributed by atoms with Gasteiger partial charge in [0.25, 0.3) is 0 Å². The Kier molecular flexibility index (Phi) is 2.00. The summed E-state index contributed by atoms with van der Waals surface area (Å²) in [5.74, 6) is 0.479. The van der Waals surface area contributed by atoms with E-state index in [1.165, 1.54) is 0 Å². The molecule has 1 aliphatic heterocycles. The van der Waals surface area contributed by atoms with Crippen LogP contribution in [0.3, 0.4) is 0 Å². The number of ketones is 1. The summed E-state index contributed by atoms with van der Waals surface area (Å²) < 4.78 is 5.26. The van der Waals surface area contributed by atoms with Crippen molar-refractivity contribution < 1.29 is 14.3 Å². The van der Waals surface area contributed by atoms with E-state index < -0.39 is 5.41 Å². The monoisotopic (exact) mass is 220 g/mol. The average Bonchev–Trinajstić information content (AvgIpc) is 2.62. The summed E-state index contributed by atoms with van der Waals surface area (Å²) in [6, 6.07) is 0. The highest BCUT2D eigenvalue weighted by Gasteiger charge is 2.57. The van der Waals surface area contributed by atoms with Crippen LogP contribution in [0.15, 0.2) is 11.1 Å². The first-order valence-corrected chi connectivity index (χ1v) is 6.07. The molecule has 3 heteroatoms. The molecule has 0 aromatic rings. The van der Waals surface area contributed by atoms with Crippen LogP contribution in [0.5, 0.6) is 0 Å². The van der Waals surface area contributed by atoms with E-state index in [0.717, 1.165) is 30.4 Å². The predicted octanol–water partition coefficient (Wildman–Crippen LogP) is 2.01. The second kappa shape index (κ2) is 3.19. The molecule has 2 unspecified atom stereocenters. The standard InChI is InChI=1S/C13H16O3/c1-8-10-4-2-3-9-7-16-12(15)13(9,10)6-5-11(8)14/h9H,2-7H2,1H3. The minimum Gasteiger partial charge on any atom is -0.465 e. The Bertz CT molecular complexity index is 407. The summed E-state index contributed by atoms with van der Waals surface area (Å²) in [6.07, 6.45) is 4.26. The lowest BCUT2D eigenvalue weighted by Crippen LogP contribution is -2.42. The molecule has 1 heterocycles. The van der Waals surface area contributed by atoms with Crippen molar-refractivity contribution in [3.05, 3.63) is 11.1 Å². The van der Waals surface area contributed by atoms with Crippen molar-refractivity contribution in [1.82, 2.24) is 0 Å². The molecule has 3 nitrogen and oxygen atoms in total. The predicted molar refractivity (Wildman–Crippen MR) is 57.7 cm³/mol. The zero-order chi connectivity index (χ0) is 11.3. The van der Waals surface area contributed by atoms with Crippen molar-refractivity contribution in [1.29, 1.82) is 0 Å². The van der Waals surface area contributed by atoms with Gasteiger partial charge in [-0.25, -0.2) is 0 Å². The number of Topliss-reactive ketones (excluding diaryl/α,β-unsaturated/α-hetero) is 1. The Morgan fingerprint density at radius 1 is 1.31 bits per heavy atom. The third-order valence-electron chi connectivity index (χ3n) is 4.61. The molecule has 0 aromatic heterocycles. The van der Waals surface area contributed by atoms with Gasteiger partial charge in [-0.05, 0) is 43.8 Å². The molecule has 1 saturated carbocycles. The van der Waals surface area contributed by atoms with E-state index in [4.69, 9.17) is 4.74 Å². The Morgan fingerprint density at radius 2 is 2.12 bits per heavy atom. The fraction of sp³-hybridized carbons (Fsp3) is 0.692. The zero-order valence-corrected chi connectivity index (χ0v) is 9.54. The van der Waals surface area contributed by atoms with Gasteiger partial charge in [-0.1, -0.05) is 0 Å². The Labute approximate surface area is 94.8 Å². The molecule has 3 aliphatic rings. The van der Waals surface area contributed by atoms with Crippen LogP contribution in [-0.2, 0) is 14.3 Å². The largest absolute Gasteiger partial charge is 0.465 e. The number of hydrogen-bond acceptors (Lipinski definition) is 3. The van der Waals surface area contributed by atoms with E-state index in [1.807, 2.05) is 6.92 Å². The summed E-state index contributed by atoms with van der Waals surface area (Å²) in [7, 11) is 0. The van der Waals surface area contributed by atoms with E-state index in [9.17, 15) is 9.59 Å². The minimum absolute atomic E-state index is 0.0703. The van der Waals surface area contributed by atoms with Gasteiger partial charge in [0.05, 0.1) is 12.0 Å². The molecule has 3 rings (SSSR count). The fourth-order valence-electron chi connectivity index (χ4n) is 3.71. The van der Waals surface area contributed by atoms with Gasteiger partial charge in [-0.2, -0.15) is 0 Å². The van der Waals surface area contributed by atoms with Gasteiger partial charge >= 0.3 is 5.97 Å². The molecule has 1 spiro atoms. The molecule has 0 amide bonds. The van der Waals surface area contributed by atoms with Gasteiger partial charge in [0.15, 0.2) is 5.78 Å². The van der Waals surface area contributed by atoms with Crippen molar-refractivity contribution >= 4 is 11.8 Å². The first-order chi connectivity index (χ1) is 7.66. The fourth-order valence-corrected chi connectivity index (χ4v) is 3.71. The molecule has 86 valence electrons. The molecule has 2 atom stereocenters. The number of ether oxygens (including phenoxy) is 1. The normalized spacial score (nSPS) is 38.2. The maximum atomic E-state index is 12.0. The van der Waals surface area contributed by atoms with Gasteiger partial charge in [-0.15, -0.1) is 0 Å². The summed E-state index contributed by atoms with van der Waals surface area (Å²) in [5, 5.41) is 0. The number of esters is 1. The SMILES string of the molecule is CC1=C2CCCC3COC(=O)C23CCC1=O. The highest BCUT2D eigenvalue weighted by Crippen LogP contribution is 2.55. The number of carbonyl (C=O) groups is 2. The van der Waals surface area contributed by atoms with Crippen LogP contribution in [-0.4, -0.2) is 18.4 Å². The van der Waals surface area contributed by atoms with Crippen LogP contribution >= 0.6 is 0 Å². The molecule has 1 saturated heterocycles. The Hall–Kier alpha value is -1.12. The van der Waals surface area contributed by atoms with Crippen molar-refractivity contribution in [3.63, 3.8) is 0 Å². The number of allylic oxidation sites excluding steroid dienone is 1. The lowest BCUT2D eigenvalue weighted by atomic mass is 9.58. The van der Waals surface area contributed by atoms with Crippen molar-refractivity contribution in [2.75, 3.05) is 6.61 Å². The Morgan fingerprint density at radius 3 is 2.94 bits per heavy atom. The lowest BCUT2D eigenvalue weighted by molar-refractivity contribution is -0.146. The zero-order valence-electron chi connectivity index (χ0n) is 9.54. The molecule has 2 aliphatic carbocycles. The van der Waals surface area contributed by atoms with Gasteiger partial charge < -0.3 is 4.74 Å². The third kappa shape index (κ3) is 1.04. The third-order valence-corrected chi connectivity index (χ3v) is 4.61. The minimum atomic E-state index is -0.407. The van der Waals surface area contributed by atoms with Gasteiger partial charge in [0.2, 0.25) is 0 Å². The molecular weight excluding hydrogens is 204 g/mol. The average molecular weight is 220 g/mol. The summed E-state index contributed by atoms with van der Waals surface area (Å²) in [6.45, 7) is 2.44. The van der Waals surface area contributed by atoms with Crippen molar-refractivity contribution in [3.8, 4) is 0 Å². The summed E-state index contributed by atoms with van der Waals surface area (Å²) in [5.41, 5.74) is 1.54. The molecule has 0 aromatic carbocycles. The molecule has 2 fully saturated rings. The van der Waals surface area contributed by atoms with Gasteiger partial charge in [-0.3, -0.25) is 9.59 Å². The van der Waals surface area contributed by atoms with E-state index in [-0.39, 0.29) is 11.8 Å². The van der Waals surface area contributed by atoms with Crippen molar-refractivity contribution in [2.45, 2.75) is 39.0 Å². The molecule has 0 N–H and O–H groups in total. The quantitative estimate of drug-likeness (QED) is 0.586. The summed E-state index contributed by atoms with van der Waals surface area (Å²) >= 11 is 0. The first kappa shape index (κ1) is 10.1. The summed E-state index contributed by atoms with van der Waals surface area (Å²) in [4.78, 5) is 23.8. The number of rotatable bonds is 0. The van der Waals surface area contributed by atoms with E-state index in [0.29, 0.717) is 25.4 Å². The second-order valence-electron chi connectivity index (χ2n) is 5.19. The van der Waals surface area contributed by atoms with Crippen molar-refractivity contribution in [2.24, 2.45) is 11.3 Å². The smallest absolute Gasteiger partial charge is 0.316 e. The lowest BCUT2D eigenvalue weighted by Gasteiger charge is -2.41. The van der Waals surface area contributed by atoms with Crippen LogP contribution in [0.1, 0.15) is 39.0 Å². The van der Waals surface area contributed by atoms with E-state index in [1.54, 1.807) is 0 Å². The number of carbonyl (C=O) groups excluding carboxylic acids is 2. The van der Waals surface area contributed by atoms with Crippen LogP contribution in [0.4, 0.5) is 0 Å². The highest BCUT2D eigenvalue weighted by molar-refractivity contribution is 6.00. The van der Waals surface area contributed by atoms with Crippen LogP contribution in [0.2, 0.25) is 0 Å². The molecular formula is C13H16O3. The highest BCUT2D eigenvalue weighted by atomic mass is 16.5. The second-order valence-corrected chi connectivity index (χ2v) is 5.19. The van der Waals surface area contributed by atoms with Crippen LogP contribution in [0.25, 0.3) is 0 Å². The number of cyclic esters (lactones) is 1. The maximum absolute atomic E-state index is 12.0. The van der Waals surface area contributed by atoms with Gasteiger partial charge in [0, 0.05) is 12.3 Å². The van der Waals surface area contributed by atoms with E-state index in [2.05, 4.69) is 0 Å². The number of hydrogen-bond donors (Lipinski definition) is 0. The van der Waals surface area contributed by atoms with Crippen LogP contribution in [0, 0.1) is 11.3 Å². The molecule has 0 radical (unpaired) electrons. The van der Waals surface area contributed by atoms with Gasteiger partial charge in [0.1, 0.15) is 0 Å². The maximum Gasteiger partial charge on any atom is 0.316 e. The topological polar surface area (TPSA) is 43.4 Å². The van der Waals surface area contributed by atoms with Crippen LogP contribution < -0.4 is 0 Å². The Balaban J connectivity index is 2.17. The molecule has 0 bridgehead atoms.